The maximum atomic E-state index is 6.24. The molecule has 108 valence electrons. The van der Waals surface area contributed by atoms with Gasteiger partial charge in [0.25, 0.3) is 0 Å². The monoisotopic (exact) mass is 294 g/mol. The first kappa shape index (κ1) is 14.8. The van der Waals surface area contributed by atoms with Crippen molar-refractivity contribution < 1.29 is 4.74 Å². The number of rotatable bonds is 6. The molecule has 0 radical (unpaired) electrons. The summed E-state index contributed by atoms with van der Waals surface area (Å²) < 4.78 is 7.35. The largest absolute Gasteiger partial charge is 0.494 e. The summed E-state index contributed by atoms with van der Waals surface area (Å²) in [5, 5.41) is 4.84. The lowest BCUT2D eigenvalue weighted by atomic mass is 10.0. The lowest BCUT2D eigenvalue weighted by Crippen LogP contribution is -2.31. The van der Waals surface area contributed by atoms with Gasteiger partial charge in [-0.05, 0) is 31.5 Å². The van der Waals surface area contributed by atoms with Gasteiger partial charge in [0.2, 0.25) is 0 Å². The van der Waals surface area contributed by atoms with Crippen molar-refractivity contribution in [1.82, 2.24) is 15.2 Å². The fourth-order valence-electron chi connectivity index (χ4n) is 2.19. The predicted octanol–water partition coefficient (Wildman–Crippen LogP) is 2.51. The molecule has 1 aromatic carbocycles. The molecule has 0 spiro atoms. The number of benzene rings is 1. The standard InChI is InChI=1S/C14H19ClN4O/c1-3-19-14(12(15)9-17-19)13(18-16)10-6-5-7-11(8-10)20-4-2/h5-9,13,18H,3-4,16H2,1-2H3. The number of hydrazine groups is 1. The highest BCUT2D eigenvalue weighted by Crippen LogP contribution is 2.29. The van der Waals surface area contributed by atoms with Gasteiger partial charge >= 0.3 is 0 Å². The van der Waals surface area contributed by atoms with E-state index >= 15 is 0 Å². The topological polar surface area (TPSA) is 65.1 Å². The summed E-state index contributed by atoms with van der Waals surface area (Å²) in [5.74, 6) is 6.53. The second-order valence-corrected chi connectivity index (χ2v) is 4.71. The molecule has 0 saturated carbocycles. The Balaban J connectivity index is 2.41. The number of halogens is 1. The van der Waals surface area contributed by atoms with E-state index in [4.69, 9.17) is 22.2 Å². The molecule has 20 heavy (non-hydrogen) atoms. The molecule has 0 fully saturated rings. The molecule has 0 aliphatic rings. The van der Waals surface area contributed by atoms with Crippen LogP contribution in [0.2, 0.25) is 5.02 Å². The van der Waals surface area contributed by atoms with Crippen molar-refractivity contribution >= 4 is 11.6 Å². The van der Waals surface area contributed by atoms with Crippen LogP contribution in [0.25, 0.3) is 0 Å². The van der Waals surface area contributed by atoms with Gasteiger partial charge < -0.3 is 4.74 Å². The Bertz CT molecular complexity index is 570. The number of hydrogen-bond acceptors (Lipinski definition) is 4. The molecule has 0 bridgehead atoms. The van der Waals surface area contributed by atoms with E-state index in [-0.39, 0.29) is 6.04 Å². The first-order valence-electron chi connectivity index (χ1n) is 6.61. The fraction of sp³-hybridized carbons (Fsp3) is 0.357. The van der Waals surface area contributed by atoms with Gasteiger partial charge in [-0.15, -0.1) is 0 Å². The molecule has 0 amide bonds. The van der Waals surface area contributed by atoms with E-state index in [1.807, 2.05) is 42.8 Å². The Morgan fingerprint density at radius 1 is 1.45 bits per heavy atom. The van der Waals surface area contributed by atoms with E-state index in [0.29, 0.717) is 11.6 Å². The van der Waals surface area contributed by atoms with Crippen LogP contribution < -0.4 is 16.0 Å². The van der Waals surface area contributed by atoms with E-state index < -0.39 is 0 Å². The predicted molar refractivity (Wildman–Crippen MR) is 79.7 cm³/mol. The number of aryl methyl sites for hydroxylation is 1. The van der Waals surface area contributed by atoms with Crippen LogP contribution in [0.5, 0.6) is 5.75 Å². The first-order valence-corrected chi connectivity index (χ1v) is 6.99. The zero-order chi connectivity index (χ0) is 14.5. The normalized spacial score (nSPS) is 12.4. The first-order chi connectivity index (χ1) is 9.71. The zero-order valence-corrected chi connectivity index (χ0v) is 12.4. The Kier molecular flexibility index (Phi) is 5.00. The summed E-state index contributed by atoms with van der Waals surface area (Å²) in [6.07, 6.45) is 1.64. The maximum Gasteiger partial charge on any atom is 0.119 e. The highest BCUT2D eigenvalue weighted by atomic mass is 35.5. The molecule has 2 aromatic rings. The SMILES string of the molecule is CCOc1cccc(C(NN)c2c(Cl)cnn2CC)c1. The van der Waals surface area contributed by atoms with Gasteiger partial charge in [-0.2, -0.15) is 5.10 Å². The third-order valence-electron chi connectivity index (χ3n) is 3.08. The number of nitrogens with two attached hydrogens (primary N) is 1. The lowest BCUT2D eigenvalue weighted by Gasteiger charge is -2.19. The molecule has 6 heteroatoms. The summed E-state index contributed by atoms with van der Waals surface area (Å²) in [7, 11) is 0. The summed E-state index contributed by atoms with van der Waals surface area (Å²) in [6, 6.07) is 7.56. The summed E-state index contributed by atoms with van der Waals surface area (Å²) >= 11 is 6.24. The van der Waals surface area contributed by atoms with Crippen LogP contribution >= 0.6 is 11.6 Å². The van der Waals surface area contributed by atoms with E-state index in [0.717, 1.165) is 23.6 Å². The molecular formula is C14H19ClN4O. The van der Waals surface area contributed by atoms with Crippen LogP contribution in [0.4, 0.5) is 0 Å². The van der Waals surface area contributed by atoms with Crippen LogP contribution in [0.1, 0.15) is 31.1 Å². The van der Waals surface area contributed by atoms with Crippen LogP contribution in [-0.4, -0.2) is 16.4 Å². The van der Waals surface area contributed by atoms with Crippen molar-refractivity contribution in [1.29, 1.82) is 0 Å². The van der Waals surface area contributed by atoms with Gasteiger partial charge in [0, 0.05) is 6.54 Å². The van der Waals surface area contributed by atoms with E-state index in [1.54, 1.807) is 6.20 Å². The van der Waals surface area contributed by atoms with Gasteiger partial charge in [0.05, 0.1) is 29.6 Å². The lowest BCUT2D eigenvalue weighted by molar-refractivity contribution is 0.339. The van der Waals surface area contributed by atoms with E-state index in [1.165, 1.54) is 0 Å². The van der Waals surface area contributed by atoms with Crippen molar-refractivity contribution in [2.24, 2.45) is 5.84 Å². The van der Waals surface area contributed by atoms with Gasteiger partial charge in [-0.25, -0.2) is 5.43 Å². The molecule has 0 aliphatic heterocycles. The van der Waals surface area contributed by atoms with Crippen molar-refractivity contribution in [2.75, 3.05) is 6.61 Å². The number of hydrogen-bond donors (Lipinski definition) is 2. The Labute approximate surface area is 123 Å². The van der Waals surface area contributed by atoms with Crippen LogP contribution in [-0.2, 0) is 6.54 Å². The van der Waals surface area contributed by atoms with Gasteiger partial charge in [0.15, 0.2) is 0 Å². The molecule has 5 nitrogen and oxygen atoms in total. The molecule has 3 N–H and O–H groups in total. The number of aromatic nitrogens is 2. The van der Waals surface area contributed by atoms with Crippen LogP contribution in [0, 0.1) is 0 Å². The Morgan fingerprint density at radius 2 is 2.25 bits per heavy atom. The third kappa shape index (κ3) is 2.95. The number of ether oxygens (including phenoxy) is 1. The smallest absolute Gasteiger partial charge is 0.119 e. The number of nitrogens with zero attached hydrogens (tertiary/aromatic N) is 2. The summed E-state index contributed by atoms with van der Waals surface area (Å²) in [4.78, 5) is 0. The van der Waals surface area contributed by atoms with Crippen LogP contribution in [0.15, 0.2) is 30.5 Å². The van der Waals surface area contributed by atoms with Crippen molar-refractivity contribution in [3.8, 4) is 5.75 Å². The van der Waals surface area contributed by atoms with Crippen molar-refractivity contribution in [2.45, 2.75) is 26.4 Å². The average Bonchev–Trinajstić information content (AvgIpc) is 2.82. The van der Waals surface area contributed by atoms with Crippen molar-refractivity contribution in [3.05, 3.63) is 46.7 Å². The maximum absolute atomic E-state index is 6.24. The Hall–Kier alpha value is -1.56. The molecule has 0 aliphatic carbocycles. The molecular weight excluding hydrogens is 276 g/mol. The second-order valence-electron chi connectivity index (χ2n) is 4.30. The van der Waals surface area contributed by atoms with Crippen molar-refractivity contribution in [3.63, 3.8) is 0 Å². The molecule has 1 unspecified atom stereocenters. The summed E-state index contributed by atoms with van der Waals surface area (Å²) in [6.45, 7) is 5.31. The number of nitrogens with one attached hydrogen (secondary N) is 1. The minimum Gasteiger partial charge on any atom is -0.494 e. The fourth-order valence-corrected chi connectivity index (χ4v) is 2.44. The molecule has 0 saturated heterocycles. The zero-order valence-electron chi connectivity index (χ0n) is 11.6. The minimum atomic E-state index is -0.231. The highest BCUT2D eigenvalue weighted by Gasteiger charge is 2.21. The van der Waals surface area contributed by atoms with E-state index in [2.05, 4.69) is 10.5 Å². The van der Waals surface area contributed by atoms with Gasteiger partial charge in [0.1, 0.15) is 5.75 Å². The minimum absolute atomic E-state index is 0.231. The second kappa shape index (κ2) is 6.74. The highest BCUT2D eigenvalue weighted by molar-refractivity contribution is 6.31. The van der Waals surface area contributed by atoms with Crippen LogP contribution in [0.3, 0.4) is 0 Å². The Morgan fingerprint density at radius 3 is 2.90 bits per heavy atom. The van der Waals surface area contributed by atoms with Gasteiger partial charge in [-0.3, -0.25) is 10.5 Å². The molecule has 2 rings (SSSR count). The molecule has 1 heterocycles. The summed E-state index contributed by atoms with van der Waals surface area (Å²) in [5.41, 5.74) is 4.64. The molecule has 1 aromatic heterocycles. The van der Waals surface area contributed by atoms with Gasteiger partial charge in [-0.1, -0.05) is 23.7 Å². The third-order valence-corrected chi connectivity index (χ3v) is 3.37. The average molecular weight is 295 g/mol. The quantitative estimate of drug-likeness (QED) is 0.635. The van der Waals surface area contributed by atoms with E-state index in [9.17, 15) is 0 Å². The molecule has 1 atom stereocenters.